The molecule has 5 heteroatoms. The predicted octanol–water partition coefficient (Wildman–Crippen LogP) is 3.61. The zero-order valence-corrected chi connectivity index (χ0v) is 16.3. The van der Waals surface area contributed by atoms with E-state index in [9.17, 15) is 4.79 Å². The van der Waals surface area contributed by atoms with Gasteiger partial charge >= 0.3 is 0 Å². The maximum Gasteiger partial charge on any atom is 0.232 e. The van der Waals surface area contributed by atoms with Crippen LogP contribution in [-0.2, 0) is 10.2 Å². The summed E-state index contributed by atoms with van der Waals surface area (Å²) in [5.41, 5.74) is 0.611. The summed E-state index contributed by atoms with van der Waals surface area (Å²) in [4.78, 5) is 15.2. The quantitative estimate of drug-likeness (QED) is 0.821. The molecular weight excluding hydrogens is 376 g/mol. The van der Waals surface area contributed by atoms with Crippen molar-refractivity contribution in [2.75, 3.05) is 26.2 Å². The average Bonchev–Trinajstić information content (AvgIpc) is 2.85. The zero-order chi connectivity index (χ0) is 15.7. The second-order valence-corrected chi connectivity index (χ2v) is 8.10. The average molecular weight is 402 g/mol. The molecule has 128 valence electrons. The van der Waals surface area contributed by atoms with Crippen molar-refractivity contribution in [3.05, 3.63) is 34.3 Å². The number of carbonyl (C=O) groups is 1. The monoisotopic (exact) mass is 400 g/mol. The minimum atomic E-state index is -0.471. The third-order valence-electron chi connectivity index (χ3n) is 5.39. The highest BCUT2D eigenvalue weighted by Crippen LogP contribution is 2.32. The number of benzene rings is 1. The van der Waals surface area contributed by atoms with Gasteiger partial charge < -0.3 is 10.2 Å². The van der Waals surface area contributed by atoms with Gasteiger partial charge in [-0.1, -0.05) is 28.1 Å². The molecule has 23 heavy (non-hydrogen) atoms. The molecule has 3 rings (SSSR count). The molecule has 2 aliphatic rings. The van der Waals surface area contributed by atoms with Gasteiger partial charge in [0.2, 0.25) is 5.91 Å². The van der Waals surface area contributed by atoms with E-state index in [1.54, 1.807) is 0 Å². The second-order valence-electron chi connectivity index (χ2n) is 7.18. The van der Waals surface area contributed by atoms with E-state index >= 15 is 0 Å². The van der Waals surface area contributed by atoms with E-state index in [0.717, 1.165) is 60.9 Å². The summed E-state index contributed by atoms with van der Waals surface area (Å²) in [7, 11) is 0. The molecule has 0 radical (unpaired) electrons. The van der Waals surface area contributed by atoms with E-state index < -0.39 is 5.41 Å². The molecule has 2 saturated heterocycles. The minimum absolute atomic E-state index is 0. The number of hydrogen-bond donors (Lipinski definition) is 1. The van der Waals surface area contributed by atoms with E-state index in [1.165, 1.54) is 0 Å². The van der Waals surface area contributed by atoms with Gasteiger partial charge in [0, 0.05) is 17.6 Å². The van der Waals surface area contributed by atoms with E-state index in [2.05, 4.69) is 38.3 Å². The Balaban J connectivity index is 0.00000192. The van der Waals surface area contributed by atoms with Crippen molar-refractivity contribution in [1.29, 1.82) is 0 Å². The van der Waals surface area contributed by atoms with Crippen molar-refractivity contribution in [2.24, 2.45) is 11.8 Å². The smallest absolute Gasteiger partial charge is 0.232 e. The fraction of sp³-hybridized carbons (Fsp3) is 0.611. The number of nitrogens with zero attached hydrogens (tertiary/aromatic N) is 1. The van der Waals surface area contributed by atoms with Crippen LogP contribution in [0.3, 0.4) is 0 Å². The summed E-state index contributed by atoms with van der Waals surface area (Å²) in [5, 5.41) is 3.49. The van der Waals surface area contributed by atoms with Gasteiger partial charge in [-0.15, -0.1) is 12.4 Å². The molecule has 2 atom stereocenters. The molecule has 0 unspecified atom stereocenters. The van der Waals surface area contributed by atoms with Gasteiger partial charge in [0.1, 0.15) is 0 Å². The van der Waals surface area contributed by atoms with E-state index in [-0.39, 0.29) is 18.3 Å². The van der Waals surface area contributed by atoms with Gasteiger partial charge in [-0.3, -0.25) is 4.79 Å². The van der Waals surface area contributed by atoms with Crippen LogP contribution in [0, 0.1) is 11.8 Å². The highest BCUT2D eigenvalue weighted by Gasteiger charge is 2.37. The van der Waals surface area contributed by atoms with Gasteiger partial charge in [-0.2, -0.15) is 0 Å². The lowest BCUT2D eigenvalue weighted by Crippen LogP contribution is -2.44. The zero-order valence-electron chi connectivity index (χ0n) is 13.8. The van der Waals surface area contributed by atoms with Crippen LogP contribution in [0.5, 0.6) is 0 Å². The number of carbonyl (C=O) groups excluding carboxylic acids is 1. The van der Waals surface area contributed by atoms with Crippen molar-refractivity contribution in [1.82, 2.24) is 10.2 Å². The number of nitrogens with one attached hydrogen (secondary N) is 1. The summed E-state index contributed by atoms with van der Waals surface area (Å²) < 4.78 is 1.03. The lowest BCUT2D eigenvalue weighted by atomic mass is 9.83. The number of likely N-dealkylation sites (tertiary alicyclic amines) is 1. The highest BCUT2D eigenvalue weighted by atomic mass is 79.9. The van der Waals surface area contributed by atoms with Crippen LogP contribution < -0.4 is 5.32 Å². The fourth-order valence-electron chi connectivity index (χ4n) is 3.82. The van der Waals surface area contributed by atoms with Gasteiger partial charge in [-0.05, 0) is 69.3 Å². The molecule has 0 bridgehead atoms. The first-order valence-electron chi connectivity index (χ1n) is 8.24. The molecule has 1 aromatic rings. The summed E-state index contributed by atoms with van der Waals surface area (Å²) in [6.07, 6.45) is 2.27. The van der Waals surface area contributed by atoms with Gasteiger partial charge in [-0.25, -0.2) is 0 Å². The van der Waals surface area contributed by atoms with Gasteiger partial charge in [0.25, 0.3) is 0 Å². The van der Waals surface area contributed by atoms with Crippen LogP contribution in [-0.4, -0.2) is 37.0 Å². The summed E-state index contributed by atoms with van der Waals surface area (Å²) in [6.45, 7) is 8.15. The number of hydrogen-bond acceptors (Lipinski definition) is 2. The van der Waals surface area contributed by atoms with Crippen LogP contribution in [0.1, 0.15) is 32.3 Å². The highest BCUT2D eigenvalue weighted by molar-refractivity contribution is 9.10. The van der Waals surface area contributed by atoms with Crippen molar-refractivity contribution >= 4 is 34.2 Å². The Morgan fingerprint density at radius 3 is 2.39 bits per heavy atom. The van der Waals surface area contributed by atoms with Crippen molar-refractivity contribution in [2.45, 2.75) is 32.1 Å². The standard InChI is InChI=1S/C18H25BrN2O.ClH/c1-18(2,15-4-3-5-16(19)10-15)17(22)21-8-6-13-11-20-12-14(13)7-9-21;/h3-5,10,13-14,20H,6-9,11-12H2,1-2H3;1H/t13-,14+;. The largest absolute Gasteiger partial charge is 0.342 e. The first kappa shape index (κ1) is 18.8. The fourth-order valence-corrected chi connectivity index (χ4v) is 4.22. The molecule has 0 aliphatic carbocycles. The van der Waals surface area contributed by atoms with Crippen LogP contribution in [0.25, 0.3) is 0 Å². The maximum atomic E-state index is 13.1. The normalized spacial score (nSPS) is 24.6. The van der Waals surface area contributed by atoms with Gasteiger partial charge in [0.15, 0.2) is 0 Å². The summed E-state index contributed by atoms with van der Waals surface area (Å²) in [5.74, 6) is 1.78. The minimum Gasteiger partial charge on any atom is -0.342 e. The Bertz CT molecular complexity index is 550. The maximum absolute atomic E-state index is 13.1. The van der Waals surface area contributed by atoms with Crippen molar-refractivity contribution in [3.8, 4) is 0 Å². The molecule has 0 aromatic heterocycles. The molecule has 1 aromatic carbocycles. The predicted molar refractivity (Wildman–Crippen MR) is 100 cm³/mol. The van der Waals surface area contributed by atoms with Crippen LogP contribution in [0.15, 0.2) is 28.7 Å². The molecular formula is C18H26BrClN2O. The van der Waals surface area contributed by atoms with Crippen LogP contribution >= 0.6 is 28.3 Å². The molecule has 2 aliphatic heterocycles. The van der Waals surface area contributed by atoms with Crippen LogP contribution in [0.2, 0.25) is 0 Å². The molecule has 1 amide bonds. The number of halogens is 2. The molecule has 0 spiro atoms. The molecule has 1 N–H and O–H groups in total. The Kier molecular flexibility index (Phi) is 6.15. The molecule has 3 nitrogen and oxygen atoms in total. The Morgan fingerprint density at radius 2 is 1.83 bits per heavy atom. The molecule has 2 fully saturated rings. The van der Waals surface area contributed by atoms with Gasteiger partial charge in [0.05, 0.1) is 5.41 Å². The van der Waals surface area contributed by atoms with Crippen molar-refractivity contribution in [3.63, 3.8) is 0 Å². The Labute approximate surface area is 153 Å². The summed E-state index contributed by atoms with van der Waals surface area (Å²) in [6, 6.07) is 8.13. The first-order chi connectivity index (χ1) is 10.5. The number of amides is 1. The third kappa shape index (κ3) is 3.92. The molecule has 2 heterocycles. The lowest BCUT2D eigenvalue weighted by Gasteiger charge is -2.32. The Morgan fingerprint density at radius 1 is 1.22 bits per heavy atom. The first-order valence-corrected chi connectivity index (χ1v) is 9.04. The third-order valence-corrected chi connectivity index (χ3v) is 5.88. The Hall–Kier alpha value is -0.580. The lowest BCUT2D eigenvalue weighted by molar-refractivity contribution is -0.136. The van der Waals surface area contributed by atoms with E-state index in [0.29, 0.717) is 0 Å². The van der Waals surface area contributed by atoms with E-state index in [1.807, 2.05) is 26.0 Å². The second kappa shape index (κ2) is 7.54. The van der Waals surface area contributed by atoms with Crippen LogP contribution in [0.4, 0.5) is 0 Å². The number of rotatable bonds is 2. The summed E-state index contributed by atoms with van der Waals surface area (Å²) >= 11 is 3.51. The van der Waals surface area contributed by atoms with Crippen molar-refractivity contribution < 1.29 is 4.79 Å². The topological polar surface area (TPSA) is 32.3 Å². The number of fused-ring (bicyclic) bond motifs is 1. The molecule has 0 saturated carbocycles. The van der Waals surface area contributed by atoms with E-state index in [4.69, 9.17) is 0 Å². The SMILES string of the molecule is CC(C)(C(=O)N1CC[C@@H]2CNC[C@@H]2CC1)c1cccc(Br)c1.Cl.